The molecule has 0 aromatic heterocycles. The average molecular weight is 449 g/mol. The summed E-state index contributed by atoms with van der Waals surface area (Å²) in [7, 11) is -4.39. The maximum Gasteiger partial charge on any atom is 0.417 e. The largest absolute Gasteiger partial charge is 0.417 e. The number of morpholine rings is 1. The van der Waals surface area contributed by atoms with E-state index in [2.05, 4.69) is 9.62 Å². The van der Waals surface area contributed by atoms with Crippen LogP contribution in [0.3, 0.4) is 0 Å². The molecule has 5 nitrogen and oxygen atoms in total. The van der Waals surface area contributed by atoms with Crippen LogP contribution >= 0.6 is 11.6 Å². The highest BCUT2D eigenvalue weighted by Crippen LogP contribution is 2.35. The molecule has 1 fully saturated rings. The number of rotatable bonds is 6. The number of nitrogens with zero attached hydrogens (tertiary/aromatic N) is 1. The minimum absolute atomic E-state index is 0.131. The summed E-state index contributed by atoms with van der Waals surface area (Å²) < 4.78 is 72.5. The lowest BCUT2D eigenvalue weighted by Crippen LogP contribution is -2.47. The Bertz CT molecular complexity index is 939. The summed E-state index contributed by atoms with van der Waals surface area (Å²) in [6.07, 6.45) is -5.31. The van der Waals surface area contributed by atoms with Gasteiger partial charge in [0.15, 0.2) is 0 Å². The Hall–Kier alpha value is -1.65. The molecule has 1 heterocycles. The maximum atomic E-state index is 13.2. The lowest BCUT2D eigenvalue weighted by Gasteiger charge is -2.33. The van der Waals surface area contributed by atoms with Gasteiger partial charge in [0.1, 0.15) is 0 Å². The number of benzene rings is 2. The van der Waals surface area contributed by atoms with Gasteiger partial charge in [0, 0.05) is 31.2 Å². The highest BCUT2D eigenvalue weighted by Gasteiger charge is 2.37. The van der Waals surface area contributed by atoms with Crippen LogP contribution in [0.25, 0.3) is 0 Å². The van der Waals surface area contributed by atoms with Crippen molar-refractivity contribution in [2.75, 3.05) is 26.2 Å². The van der Waals surface area contributed by atoms with Gasteiger partial charge in [-0.1, -0.05) is 41.9 Å². The molecule has 29 heavy (non-hydrogen) atoms. The van der Waals surface area contributed by atoms with E-state index in [-0.39, 0.29) is 11.6 Å². The maximum absolute atomic E-state index is 13.2. The normalized spacial score (nSPS) is 18.7. The molecule has 0 bridgehead atoms. The number of ether oxygens (including phenoxy) is 1. The SMILES string of the molecule is O=S(=O)(NC[C@@H]1CN(Cc2ccccc2)CCO1)c1ccc(Cl)cc1C(F)(F)F. The van der Waals surface area contributed by atoms with Crippen molar-refractivity contribution in [1.82, 2.24) is 9.62 Å². The third kappa shape index (κ3) is 5.93. The van der Waals surface area contributed by atoms with Gasteiger partial charge in [0.05, 0.1) is 23.2 Å². The molecular weight excluding hydrogens is 429 g/mol. The number of halogens is 4. The van der Waals surface area contributed by atoms with Crippen LogP contribution in [0, 0.1) is 0 Å². The van der Waals surface area contributed by atoms with Gasteiger partial charge in [0.25, 0.3) is 0 Å². The first-order valence-corrected chi connectivity index (χ1v) is 10.8. The third-order valence-corrected chi connectivity index (χ3v) is 6.23. The molecule has 1 N–H and O–H groups in total. The van der Waals surface area contributed by atoms with Crippen molar-refractivity contribution >= 4 is 21.6 Å². The van der Waals surface area contributed by atoms with Crippen LogP contribution in [0.15, 0.2) is 53.4 Å². The predicted octanol–water partition coefficient (Wildman–Crippen LogP) is 3.54. The van der Waals surface area contributed by atoms with E-state index in [0.29, 0.717) is 32.3 Å². The van der Waals surface area contributed by atoms with Gasteiger partial charge >= 0.3 is 6.18 Å². The Labute approximate surface area is 172 Å². The van der Waals surface area contributed by atoms with Gasteiger partial charge in [0.2, 0.25) is 10.0 Å². The van der Waals surface area contributed by atoms with Gasteiger partial charge in [-0.25, -0.2) is 13.1 Å². The van der Waals surface area contributed by atoms with Crippen LogP contribution in [-0.4, -0.2) is 45.7 Å². The second-order valence-electron chi connectivity index (χ2n) is 6.70. The first-order valence-electron chi connectivity index (χ1n) is 8.89. The Morgan fingerprint density at radius 3 is 2.59 bits per heavy atom. The van der Waals surface area contributed by atoms with Crippen LogP contribution in [0.4, 0.5) is 13.2 Å². The zero-order valence-corrected chi connectivity index (χ0v) is 16.9. The summed E-state index contributed by atoms with van der Waals surface area (Å²) in [6, 6.07) is 12.4. The van der Waals surface area contributed by atoms with Crippen LogP contribution in [-0.2, 0) is 27.5 Å². The van der Waals surface area contributed by atoms with E-state index in [1.807, 2.05) is 30.3 Å². The summed E-state index contributed by atoms with van der Waals surface area (Å²) in [4.78, 5) is 1.26. The molecule has 1 aliphatic heterocycles. The topological polar surface area (TPSA) is 58.6 Å². The summed E-state index contributed by atoms with van der Waals surface area (Å²) in [5, 5.41) is -0.191. The molecular formula is C19H20ClF3N2O3S. The smallest absolute Gasteiger partial charge is 0.374 e. The van der Waals surface area contributed by atoms with Gasteiger partial charge < -0.3 is 4.74 Å². The molecule has 158 valence electrons. The summed E-state index contributed by atoms with van der Waals surface area (Å²) in [6.45, 7) is 2.11. The molecule has 0 radical (unpaired) electrons. The van der Waals surface area contributed by atoms with Crippen molar-refractivity contribution < 1.29 is 26.3 Å². The first-order chi connectivity index (χ1) is 13.6. The Kier molecular flexibility index (Phi) is 6.85. The van der Waals surface area contributed by atoms with Gasteiger partial charge in [-0.15, -0.1) is 0 Å². The number of alkyl halides is 3. The predicted molar refractivity (Wildman–Crippen MR) is 103 cm³/mol. The van der Waals surface area contributed by atoms with Gasteiger partial charge in [-0.3, -0.25) is 4.90 Å². The lowest BCUT2D eigenvalue weighted by atomic mass is 10.2. The van der Waals surface area contributed by atoms with E-state index in [0.717, 1.165) is 17.7 Å². The number of sulfonamides is 1. The van der Waals surface area contributed by atoms with E-state index in [1.165, 1.54) is 0 Å². The average Bonchev–Trinajstić information content (AvgIpc) is 2.67. The van der Waals surface area contributed by atoms with E-state index in [9.17, 15) is 21.6 Å². The van der Waals surface area contributed by atoms with Crippen LogP contribution in [0.5, 0.6) is 0 Å². The second kappa shape index (κ2) is 9.01. The summed E-state index contributed by atoms with van der Waals surface area (Å²) >= 11 is 5.61. The van der Waals surface area contributed by atoms with Crippen molar-refractivity contribution in [3.8, 4) is 0 Å². The Balaban J connectivity index is 1.66. The van der Waals surface area contributed by atoms with E-state index < -0.39 is 32.8 Å². The molecule has 0 aliphatic carbocycles. The van der Waals surface area contributed by atoms with Crippen molar-refractivity contribution in [3.63, 3.8) is 0 Å². The minimum Gasteiger partial charge on any atom is -0.374 e. The van der Waals surface area contributed by atoms with E-state index in [4.69, 9.17) is 16.3 Å². The summed E-state index contributed by atoms with van der Waals surface area (Å²) in [5.74, 6) is 0. The molecule has 1 atom stereocenters. The van der Waals surface area contributed by atoms with Crippen molar-refractivity contribution in [1.29, 1.82) is 0 Å². The van der Waals surface area contributed by atoms with Gasteiger partial charge in [-0.05, 0) is 23.8 Å². The Morgan fingerprint density at radius 1 is 1.17 bits per heavy atom. The molecule has 0 saturated carbocycles. The minimum atomic E-state index is -4.84. The molecule has 0 amide bonds. The van der Waals surface area contributed by atoms with Crippen molar-refractivity contribution in [2.45, 2.75) is 23.7 Å². The molecule has 1 saturated heterocycles. The van der Waals surface area contributed by atoms with E-state index >= 15 is 0 Å². The lowest BCUT2D eigenvalue weighted by molar-refractivity contribution is -0.139. The van der Waals surface area contributed by atoms with Crippen molar-refractivity contribution in [3.05, 3.63) is 64.7 Å². The van der Waals surface area contributed by atoms with Crippen LogP contribution < -0.4 is 4.72 Å². The van der Waals surface area contributed by atoms with Crippen LogP contribution in [0.2, 0.25) is 5.02 Å². The second-order valence-corrected chi connectivity index (χ2v) is 8.88. The van der Waals surface area contributed by atoms with E-state index in [1.54, 1.807) is 0 Å². The fourth-order valence-electron chi connectivity index (χ4n) is 3.13. The molecule has 2 aromatic carbocycles. The quantitative estimate of drug-likeness (QED) is 0.734. The molecule has 0 unspecified atom stereocenters. The monoisotopic (exact) mass is 448 g/mol. The number of hydrogen-bond acceptors (Lipinski definition) is 4. The van der Waals surface area contributed by atoms with Gasteiger partial charge in [-0.2, -0.15) is 13.2 Å². The first kappa shape index (κ1) is 22.0. The highest BCUT2D eigenvalue weighted by atomic mass is 35.5. The van der Waals surface area contributed by atoms with Crippen molar-refractivity contribution in [2.24, 2.45) is 0 Å². The number of nitrogens with one attached hydrogen (secondary N) is 1. The fraction of sp³-hybridized carbons (Fsp3) is 0.368. The zero-order valence-electron chi connectivity index (χ0n) is 15.3. The standard InChI is InChI=1S/C19H20ClF3N2O3S/c20-15-6-7-18(17(10-15)19(21,22)23)29(26,27)24-11-16-13-25(8-9-28-16)12-14-4-2-1-3-5-14/h1-7,10,16,24H,8-9,11-13H2/t16-/m1/s1. The third-order valence-electron chi connectivity index (χ3n) is 4.51. The van der Waals surface area contributed by atoms with Crippen LogP contribution in [0.1, 0.15) is 11.1 Å². The summed E-state index contributed by atoms with van der Waals surface area (Å²) in [5.41, 5.74) is -0.183. The zero-order chi connectivity index (χ0) is 21.1. The molecule has 2 aromatic rings. The molecule has 10 heteroatoms. The number of hydrogen-bond donors (Lipinski definition) is 1. The Morgan fingerprint density at radius 2 is 1.90 bits per heavy atom. The highest BCUT2D eigenvalue weighted by molar-refractivity contribution is 7.89. The molecule has 1 aliphatic rings. The molecule has 3 rings (SSSR count). The molecule has 0 spiro atoms. The fourth-order valence-corrected chi connectivity index (χ4v) is 4.57.